The summed E-state index contributed by atoms with van der Waals surface area (Å²) in [6, 6.07) is 0. The van der Waals surface area contributed by atoms with Crippen LogP contribution in [0.15, 0.2) is 109 Å². The third kappa shape index (κ3) is 12.8. The number of allylic oxidation sites excluding steroid dienone is 15. The molecule has 332 valence electrons. The number of esters is 4. The fourth-order valence-electron chi connectivity index (χ4n) is 9.85. The van der Waals surface area contributed by atoms with Crippen LogP contribution in [-0.2, 0) is 42.9 Å². The lowest BCUT2D eigenvalue weighted by atomic mass is 9.45. The third-order valence-electron chi connectivity index (χ3n) is 12.9. The fourth-order valence-corrected chi connectivity index (χ4v) is 9.85. The minimum absolute atomic E-state index is 0.0264. The Bertz CT molecular complexity index is 1830. The van der Waals surface area contributed by atoms with Gasteiger partial charge in [-0.3, -0.25) is 9.59 Å². The van der Waals surface area contributed by atoms with Gasteiger partial charge in [-0.05, 0) is 94.1 Å². The van der Waals surface area contributed by atoms with Gasteiger partial charge in [-0.1, -0.05) is 112 Å². The van der Waals surface area contributed by atoms with Crippen LogP contribution in [-0.4, -0.2) is 78.0 Å². The van der Waals surface area contributed by atoms with Crippen LogP contribution >= 0.6 is 0 Å². The van der Waals surface area contributed by atoms with Gasteiger partial charge < -0.3 is 29.2 Å². The molecule has 9 atom stereocenters. The Labute approximate surface area is 361 Å². The normalized spacial score (nSPS) is 30.4. The second-order valence-corrected chi connectivity index (χ2v) is 17.0. The molecule has 4 rings (SSSR count). The van der Waals surface area contributed by atoms with E-state index in [1.54, 1.807) is 18.2 Å². The van der Waals surface area contributed by atoms with Crippen LogP contribution in [0.25, 0.3) is 0 Å². The van der Waals surface area contributed by atoms with Gasteiger partial charge in [-0.15, -0.1) is 0 Å². The number of fused-ring (bicyclic) bond motifs is 5. The van der Waals surface area contributed by atoms with Crippen molar-refractivity contribution < 1.29 is 53.1 Å². The van der Waals surface area contributed by atoms with Crippen molar-refractivity contribution in [1.29, 1.82) is 0 Å². The smallest absolute Gasteiger partial charge is 0.338 e. The Morgan fingerprint density at radius 2 is 1.39 bits per heavy atom. The average Bonchev–Trinajstić information content (AvgIpc) is 3.50. The summed E-state index contributed by atoms with van der Waals surface area (Å²) in [5.74, 6) is -3.59. The van der Waals surface area contributed by atoms with Gasteiger partial charge in [0.15, 0.2) is 17.5 Å². The molecular weight excluding hydrogens is 777 g/mol. The summed E-state index contributed by atoms with van der Waals surface area (Å²) < 4.78 is 20.9. The third-order valence-corrected chi connectivity index (χ3v) is 12.9. The van der Waals surface area contributed by atoms with Crippen molar-refractivity contribution in [3.63, 3.8) is 0 Å². The maximum absolute atomic E-state index is 13.9. The van der Waals surface area contributed by atoms with Crippen LogP contribution in [0.2, 0.25) is 0 Å². The molecule has 9 unspecified atom stereocenters. The van der Waals surface area contributed by atoms with Gasteiger partial charge in [0.25, 0.3) is 0 Å². The molecule has 61 heavy (non-hydrogen) atoms. The monoisotopic (exact) mass is 842 g/mol. The zero-order valence-electron chi connectivity index (χ0n) is 36.5. The van der Waals surface area contributed by atoms with E-state index in [-0.39, 0.29) is 48.7 Å². The van der Waals surface area contributed by atoms with Crippen LogP contribution in [0, 0.1) is 34.5 Å². The summed E-state index contributed by atoms with van der Waals surface area (Å²) in [5, 5.41) is 23.9. The Balaban J connectivity index is 1.28. The lowest BCUT2D eigenvalue weighted by Crippen LogP contribution is -2.62. The maximum atomic E-state index is 13.9. The van der Waals surface area contributed by atoms with Crippen molar-refractivity contribution >= 4 is 29.7 Å². The van der Waals surface area contributed by atoms with Crippen LogP contribution in [0.1, 0.15) is 98.3 Å². The summed E-state index contributed by atoms with van der Waals surface area (Å²) in [6.07, 6.45) is 36.2. The summed E-state index contributed by atoms with van der Waals surface area (Å²) in [4.78, 5) is 63.0. The molecule has 0 aromatic carbocycles. The molecule has 0 aromatic heterocycles. The number of aliphatic hydroxyl groups is 2. The summed E-state index contributed by atoms with van der Waals surface area (Å²) in [6.45, 7) is 7.11. The molecule has 0 amide bonds. The van der Waals surface area contributed by atoms with E-state index >= 15 is 0 Å². The van der Waals surface area contributed by atoms with Crippen molar-refractivity contribution in [1.82, 2.24) is 0 Å². The predicted molar refractivity (Wildman–Crippen MR) is 233 cm³/mol. The lowest BCUT2D eigenvalue weighted by Gasteiger charge is -2.60. The Morgan fingerprint density at radius 3 is 1.98 bits per heavy atom. The van der Waals surface area contributed by atoms with Crippen LogP contribution in [0.5, 0.6) is 0 Å². The van der Waals surface area contributed by atoms with E-state index in [2.05, 4.69) is 74.1 Å². The Kier molecular flexibility index (Phi) is 18.7. The Morgan fingerprint density at radius 1 is 0.836 bits per heavy atom. The number of hydrogen-bond acceptors (Lipinski definition) is 11. The molecule has 11 nitrogen and oxygen atoms in total. The highest BCUT2D eigenvalue weighted by Gasteiger charge is 2.69. The van der Waals surface area contributed by atoms with Gasteiger partial charge in [0.2, 0.25) is 0 Å². The van der Waals surface area contributed by atoms with Crippen LogP contribution in [0.3, 0.4) is 0 Å². The second kappa shape index (κ2) is 23.4. The summed E-state index contributed by atoms with van der Waals surface area (Å²) >= 11 is 0. The van der Waals surface area contributed by atoms with Crippen LogP contribution in [0.4, 0.5) is 0 Å². The predicted octanol–water partition coefficient (Wildman–Crippen LogP) is 8.06. The van der Waals surface area contributed by atoms with Crippen molar-refractivity contribution in [3.8, 4) is 0 Å². The zero-order chi connectivity index (χ0) is 44.5. The minimum Gasteiger partial charge on any atom is -0.466 e. The molecule has 4 aliphatic carbocycles. The molecule has 4 aliphatic rings. The number of ether oxygens (including phenoxy) is 4. The largest absolute Gasteiger partial charge is 0.466 e. The van der Waals surface area contributed by atoms with Gasteiger partial charge >= 0.3 is 23.9 Å². The van der Waals surface area contributed by atoms with Crippen molar-refractivity contribution in [2.45, 2.75) is 116 Å². The fraction of sp³-hybridized carbons (Fsp3) is 0.540. The van der Waals surface area contributed by atoms with Crippen molar-refractivity contribution in [3.05, 3.63) is 109 Å². The molecule has 0 heterocycles. The SMILES string of the molecule is CCC=CCC=CCC=CCC=CCC=CCC=CCC(=O)OCC(COC(=O)C1(O)CCC2C3CC(C)C4=CC(=O)C=CC4(C)C3C(O)CC21C)OC(=O)C=CC(=O)OC. The van der Waals surface area contributed by atoms with E-state index in [0.29, 0.717) is 19.3 Å². The number of hydrogen-bond donors (Lipinski definition) is 2. The highest BCUT2D eigenvalue weighted by atomic mass is 16.6. The first kappa shape index (κ1) is 48.8. The average molecular weight is 843 g/mol. The molecule has 2 N–H and O–H groups in total. The van der Waals surface area contributed by atoms with Crippen molar-refractivity contribution in [2.24, 2.45) is 34.5 Å². The van der Waals surface area contributed by atoms with E-state index in [9.17, 15) is 34.2 Å². The van der Waals surface area contributed by atoms with E-state index in [1.807, 2.05) is 31.2 Å². The molecule has 0 saturated heterocycles. The number of carbonyl (C=O) groups excluding carboxylic acids is 5. The molecule has 0 radical (unpaired) electrons. The summed E-state index contributed by atoms with van der Waals surface area (Å²) in [5.41, 5.74) is -2.50. The number of ketones is 1. The maximum Gasteiger partial charge on any atom is 0.338 e. The van der Waals surface area contributed by atoms with E-state index in [4.69, 9.17) is 14.2 Å². The standard InChI is InChI=1S/C50H66O11/c1-6-7-8-9-10-11-12-13-14-15-16-17-18-19-20-21-22-23-24-44(54)59-34-38(61-45(55)26-25-43(53)58-5)35-60-47(56)50(57)30-28-40-39-31-36(2)41-32-37(51)27-29-48(41,3)46(39)42(52)33-49(40,50)4/h7-8,10-11,13-14,16-17,19-20,22-23,25-27,29,32,36,38-40,42,46,52,57H,6,9,12,15,18,21,24,28,30-31,33-35H2,1-5H3. The van der Waals surface area contributed by atoms with E-state index in [1.165, 1.54) is 0 Å². The Hall–Kier alpha value is -4.87. The molecule has 0 spiro atoms. The molecular formula is C50H66O11. The zero-order valence-corrected chi connectivity index (χ0v) is 36.5. The number of aliphatic hydroxyl groups excluding tert-OH is 1. The van der Waals surface area contributed by atoms with E-state index < -0.39 is 65.7 Å². The lowest BCUT2D eigenvalue weighted by molar-refractivity contribution is -0.201. The molecule has 0 bridgehead atoms. The molecule has 3 fully saturated rings. The molecule has 11 heteroatoms. The molecule has 3 saturated carbocycles. The first-order chi connectivity index (χ1) is 29.2. The van der Waals surface area contributed by atoms with Gasteiger partial charge in [0.1, 0.15) is 13.2 Å². The van der Waals surface area contributed by atoms with Gasteiger partial charge in [0.05, 0.1) is 19.6 Å². The van der Waals surface area contributed by atoms with E-state index in [0.717, 1.165) is 56.9 Å². The molecule has 0 aromatic rings. The first-order valence-electron chi connectivity index (χ1n) is 21.7. The quantitative estimate of drug-likeness (QED) is 0.0498. The number of carbonyl (C=O) groups is 5. The van der Waals surface area contributed by atoms with Crippen LogP contribution < -0.4 is 0 Å². The highest BCUT2D eigenvalue weighted by Crippen LogP contribution is 2.67. The number of methoxy groups -OCH3 is 1. The topological polar surface area (TPSA) is 163 Å². The second-order valence-electron chi connectivity index (χ2n) is 17.0. The molecule has 0 aliphatic heterocycles. The van der Waals surface area contributed by atoms with Gasteiger partial charge in [-0.25, -0.2) is 14.4 Å². The number of rotatable bonds is 21. The highest BCUT2D eigenvalue weighted by molar-refractivity contribution is 6.01. The minimum atomic E-state index is -1.95. The van der Waals surface area contributed by atoms with Gasteiger partial charge in [-0.2, -0.15) is 0 Å². The first-order valence-corrected chi connectivity index (χ1v) is 21.7. The summed E-state index contributed by atoms with van der Waals surface area (Å²) in [7, 11) is 1.15. The van der Waals surface area contributed by atoms with Gasteiger partial charge in [0, 0.05) is 28.9 Å². The van der Waals surface area contributed by atoms with Crippen molar-refractivity contribution in [2.75, 3.05) is 20.3 Å².